The number of nitrogens with one attached hydrogen (secondary N) is 1. The summed E-state index contributed by atoms with van der Waals surface area (Å²) in [4.78, 5) is 18.0. The van der Waals surface area contributed by atoms with Gasteiger partial charge in [0.05, 0.1) is 4.92 Å². The molecule has 0 unspecified atom stereocenters. The summed E-state index contributed by atoms with van der Waals surface area (Å²) in [7, 11) is 0. The molecule has 0 fully saturated rings. The van der Waals surface area contributed by atoms with Gasteiger partial charge in [-0.3, -0.25) is 10.1 Å². The van der Waals surface area contributed by atoms with Crippen LogP contribution in [0.5, 0.6) is 11.6 Å². The van der Waals surface area contributed by atoms with E-state index in [1.165, 1.54) is 24.5 Å². The van der Waals surface area contributed by atoms with Crippen LogP contribution in [0.4, 0.5) is 11.5 Å². The maximum absolute atomic E-state index is 10.8. The first-order valence-corrected chi connectivity index (χ1v) is 5.80. The van der Waals surface area contributed by atoms with Crippen LogP contribution in [-0.2, 0) is 0 Å². The summed E-state index contributed by atoms with van der Waals surface area (Å²) in [6, 6.07) is 5.92. The molecule has 2 rings (SSSR count). The van der Waals surface area contributed by atoms with Crippen molar-refractivity contribution in [1.29, 1.82) is 0 Å². The van der Waals surface area contributed by atoms with E-state index in [1.807, 2.05) is 0 Å². The number of rotatable bonds is 4. The first-order chi connectivity index (χ1) is 9.11. The van der Waals surface area contributed by atoms with Crippen LogP contribution in [0, 0.1) is 10.1 Å². The van der Waals surface area contributed by atoms with E-state index in [1.54, 1.807) is 6.07 Å². The topological polar surface area (TPSA) is 116 Å². The van der Waals surface area contributed by atoms with Gasteiger partial charge in [0, 0.05) is 12.1 Å². The molecule has 9 heteroatoms. The molecule has 1 heterocycles. The molecule has 8 nitrogen and oxygen atoms in total. The Hall–Kier alpha value is -2.26. The number of benzene rings is 1. The molecule has 0 radical (unpaired) electrons. The van der Waals surface area contributed by atoms with Crippen LogP contribution in [0.1, 0.15) is 0 Å². The lowest BCUT2D eigenvalue weighted by Crippen LogP contribution is -2.08. The fourth-order valence-electron chi connectivity index (χ4n) is 1.31. The number of nitrogens with zero attached hydrogens (tertiary/aromatic N) is 3. The van der Waals surface area contributed by atoms with Crippen molar-refractivity contribution in [1.82, 2.24) is 9.97 Å². The van der Waals surface area contributed by atoms with E-state index < -0.39 is 4.92 Å². The molecule has 2 aromatic rings. The quantitative estimate of drug-likeness (QED) is 0.502. The second-order valence-electron chi connectivity index (χ2n) is 3.33. The number of aromatic nitrogens is 2. The van der Waals surface area contributed by atoms with E-state index in [4.69, 9.17) is 10.6 Å². The van der Waals surface area contributed by atoms with Crippen LogP contribution in [0.15, 0.2) is 35.1 Å². The Balaban J connectivity index is 2.33. The van der Waals surface area contributed by atoms with Crippen molar-refractivity contribution in [3.8, 4) is 11.6 Å². The molecule has 0 aliphatic heterocycles. The zero-order valence-electron chi connectivity index (χ0n) is 9.41. The second kappa shape index (κ2) is 5.59. The molecule has 1 aromatic heterocycles. The highest BCUT2D eigenvalue weighted by Gasteiger charge is 2.16. The van der Waals surface area contributed by atoms with Crippen molar-refractivity contribution < 1.29 is 9.66 Å². The minimum absolute atomic E-state index is 0.0938. The van der Waals surface area contributed by atoms with E-state index in [-0.39, 0.29) is 21.8 Å². The first-order valence-electron chi connectivity index (χ1n) is 5.01. The van der Waals surface area contributed by atoms with Gasteiger partial charge in [-0.05, 0) is 22.0 Å². The van der Waals surface area contributed by atoms with Crippen molar-refractivity contribution >= 4 is 27.4 Å². The first kappa shape index (κ1) is 13.2. The minimum Gasteiger partial charge on any atom is -0.437 e. The normalized spacial score (nSPS) is 10.0. The zero-order valence-corrected chi connectivity index (χ0v) is 11.0. The van der Waals surface area contributed by atoms with Gasteiger partial charge in [-0.15, -0.1) is 0 Å². The Kier molecular flexibility index (Phi) is 3.88. The Morgan fingerprint density at radius 3 is 2.89 bits per heavy atom. The molecule has 0 bridgehead atoms. The molecule has 98 valence electrons. The maximum Gasteiger partial charge on any atom is 0.287 e. The smallest absolute Gasteiger partial charge is 0.287 e. The van der Waals surface area contributed by atoms with E-state index in [9.17, 15) is 10.1 Å². The van der Waals surface area contributed by atoms with Gasteiger partial charge in [0.25, 0.3) is 5.69 Å². The SMILES string of the molecule is NNc1cc(Oc2cccc([N+](=O)[O-])c2Br)ncn1. The molecule has 0 spiro atoms. The minimum atomic E-state index is -0.510. The molecule has 3 N–H and O–H groups in total. The summed E-state index contributed by atoms with van der Waals surface area (Å²) >= 11 is 3.12. The Labute approximate surface area is 115 Å². The van der Waals surface area contributed by atoms with Crippen LogP contribution in [0.25, 0.3) is 0 Å². The summed E-state index contributed by atoms with van der Waals surface area (Å²) in [5.74, 6) is 6.06. The van der Waals surface area contributed by atoms with E-state index in [0.717, 1.165) is 0 Å². The number of hydrogen-bond acceptors (Lipinski definition) is 7. The molecular weight excluding hydrogens is 318 g/mol. The van der Waals surface area contributed by atoms with Gasteiger partial charge in [-0.25, -0.2) is 15.8 Å². The number of nitrogen functional groups attached to an aromatic ring is 1. The molecule has 0 aliphatic carbocycles. The van der Waals surface area contributed by atoms with Crippen LogP contribution in [0.2, 0.25) is 0 Å². The molecule has 19 heavy (non-hydrogen) atoms. The number of nitro benzene ring substituents is 1. The number of anilines is 1. The molecular formula is C10H8BrN5O3. The van der Waals surface area contributed by atoms with Crippen LogP contribution < -0.4 is 16.0 Å². The van der Waals surface area contributed by atoms with Gasteiger partial charge >= 0.3 is 0 Å². The third-order valence-corrected chi connectivity index (χ3v) is 2.94. The fraction of sp³-hybridized carbons (Fsp3) is 0. The molecule has 0 amide bonds. The monoisotopic (exact) mass is 325 g/mol. The number of hydrogen-bond donors (Lipinski definition) is 2. The molecule has 1 aromatic carbocycles. The lowest BCUT2D eigenvalue weighted by Gasteiger charge is -2.07. The lowest BCUT2D eigenvalue weighted by atomic mass is 10.3. The van der Waals surface area contributed by atoms with Crippen molar-refractivity contribution in [2.24, 2.45) is 5.84 Å². The van der Waals surface area contributed by atoms with Crippen LogP contribution in [-0.4, -0.2) is 14.9 Å². The molecule has 0 saturated carbocycles. The van der Waals surface area contributed by atoms with Gasteiger partial charge in [0.2, 0.25) is 5.88 Å². The third-order valence-electron chi connectivity index (χ3n) is 2.14. The van der Waals surface area contributed by atoms with Gasteiger partial charge in [-0.2, -0.15) is 0 Å². The Morgan fingerprint density at radius 1 is 1.42 bits per heavy atom. The van der Waals surface area contributed by atoms with Crippen molar-refractivity contribution in [2.75, 3.05) is 5.43 Å². The van der Waals surface area contributed by atoms with Gasteiger partial charge in [-0.1, -0.05) is 6.07 Å². The fourth-order valence-corrected chi connectivity index (χ4v) is 1.80. The number of hydrazine groups is 1. The molecule has 0 atom stereocenters. The highest BCUT2D eigenvalue weighted by Crippen LogP contribution is 2.36. The summed E-state index contributed by atoms with van der Waals surface area (Å²) < 4.78 is 5.68. The number of nitrogens with two attached hydrogens (primary N) is 1. The summed E-state index contributed by atoms with van der Waals surface area (Å²) in [6.45, 7) is 0. The second-order valence-corrected chi connectivity index (χ2v) is 4.13. The van der Waals surface area contributed by atoms with Crippen molar-refractivity contribution in [3.63, 3.8) is 0 Å². The Bertz CT molecular complexity index is 622. The average molecular weight is 326 g/mol. The molecule has 0 saturated heterocycles. The van der Waals surface area contributed by atoms with Gasteiger partial charge in [0.1, 0.15) is 16.6 Å². The van der Waals surface area contributed by atoms with E-state index >= 15 is 0 Å². The van der Waals surface area contributed by atoms with Crippen molar-refractivity contribution in [3.05, 3.63) is 45.2 Å². The van der Waals surface area contributed by atoms with E-state index in [2.05, 4.69) is 31.3 Å². The highest BCUT2D eigenvalue weighted by atomic mass is 79.9. The predicted molar refractivity (Wildman–Crippen MR) is 70.7 cm³/mol. The average Bonchev–Trinajstić information content (AvgIpc) is 2.41. The standard InChI is InChI=1S/C10H8BrN5O3/c11-10-6(16(17)18)2-1-3-7(10)19-9-4-8(15-12)13-5-14-9/h1-5H,12H2,(H,13,14,15). The van der Waals surface area contributed by atoms with Gasteiger partial charge in [0.15, 0.2) is 5.75 Å². The van der Waals surface area contributed by atoms with Crippen LogP contribution in [0.3, 0.4) is 0 Å². The largest absolute Gasteiger partial charge is 0.437 e. The van der Waals surface area contributed by atoms with Crippen LogP contribution >= 0.6 is 15.9 Å². The third kappa shape index (κ3) is 2.95. The summed E-state index contributed by atoms with van der Waals surface area (Å²) in [5, 5.41) is 10.8. The summed E-state index contributed by atoms with van der Waals surface area (Å²) in [6.07, 6.45) is 1.26. The number of nitro groups is 1. The number of ether oxygens (including phenoxy) is 1. The predicted octanol–water partition coefficient (Wildman–Crippen LogP) is 2.23. The summed E-state index contributed by atoms with van der Waals surface area (Å²) in [5.41, 5.74) is 2.25. The van der Waals surface area contributed by atoms with Gasteiger partial charge < -0.3 is 10.2 Å². The number of halogens is 1. The van der Waals surface area contributed by atoms with Crippen molar-refractivity contribution in [2.45, 2.75) is 0 Å². The lowest BCUT2D eigenvalue weighted by molar-refractivity contribution is -0.385. The maximum atomic E-state index is 10.8. The molecule has 0 aliphatic rings. The van der Waals surface area contributed by atoms with E-state index in [0.29, 0.717) is 5.82 Å². The zero-order chi connectivity index (χ0) is 13.8. The Morgan fingerprint density at radius 2 is 2.21 bits per heavy atom. The highest BCUT2D eigenvalue weighted by molar-refractivity contribution is 9.10.